The molecule has 4 heteroatoms. The normalized spacial score (nSPS) is 11.9. The van der Waals surface area contributed by atoms with E-state index < -0.39 is 0 Å². The Morgan fingerprint density at radius 2 is 1.89 bits per heavy atom. The van der Waals surface area contributed by atoms with Gasteiger partial charge in [-0.15, -0.1) is 0 Å². The highest BCUT2D eigenvalue weighted by Gasteiger charge is 2.25. The molecule has 0 aromatic carbocycles. The van der Waals surface area contributed by atoms with Gasteiger partial charge in [-0.1, -0.05) is 27.7 Å². The van der Waals surface area contributed by atoms with E-state index in [1.807, 2.05) is 11.8 Å². The van der Waals surface area contributed by atoms with Gasteiger partial charge < -0.3 is 10.6 Å². The van der Waals surface area contributed by atoms with E-state index in [9.17, 15) is 4.79 Å². The molecule has 0 saturated carbocycles. The number of amides is 1. The first kappa shape index (κ1) is 17.8. The van der Waals surface area contributed by atoms with Crippen molar-refractivity contribution in [2.45, 2.75) is 64.2 Å². The van der Waals surface area contributed by atoms with Crippen LogP contribution in [0.1, 0.15) is 53.4 Å². The molecule has 0 radical (unpaired) electrons. The summed E-state index contributed by atoms with van der Waals surface area (Å²) in [6, 6.07) is 0.498. The van der Waals surface area contributed by atoms with Gasteiger partial charge in [-0.05, 0) is 32.1 Å². The van der Waals surface area contributed by atoms with Crippen molar-refractivity contribution in [3.63, 3.8) is 0 Å². The lowest BCUT2D eigenvalue weighted by Gasteiger charge is -2.29. The molecule has 18 heavy (non-hydrogen) atoms. The molecule has 0 atom stereocenters. The summed E-state index contributed by atoms with van der Waals surface area (Å²) in [5, 5.41) is 6.40. The Labute approximate surface area is 117 Å². The van der Waals surface area contributed by atoms with E-state index in [1.165, 1.54) is 0 Å². The van der Waals surface area contributed by atoms with Crippen molar-refractivity contribution in [2.75, 3.05) is 19.3 Å². The van der Waals surface area contributed by atoms with E-state index in [-0.39, 0.29) is 10.7 Å². The average molecular weight is 274 g/mol. The monoisotopic (exact) mass is 274 g/mol. The minimum absolute atomic E-state index is 0.181. The van der Waals surface area contributed by atoms with Crippen molar-refractivity contribution < 1.29 is 4.79 Å². The standard InChI is InChI=1S/C14H30N2OS/c1-6-14(7-2,18-5)11-16-13(17)9-8-10-15-12(3)4/h12,15H,6-11H2,1-5H3,(H,16,17). The smallest absolute Gasteiger partial charge is 0.220 e. The van der Waals surface area contributed by atoms with Gasteiger partial charge in [0.2, 0.25) is 5.91 Å². The molecule has 0 spiro atoms. The second-order valence-corrected chi connectivity index (χ2v) is 6.36. The van der Waals surface area contributed by atoms with Crippen LogP contribution in [0.15, 0.2) is 0 Å². The van der Waals surface area contributed by atoms with E-state index in [2.05, 4.69) is 44.6 Å². The molecule has 1 amide bonds. The van der Waals surface area contributed by atoms with Gasteiger partial charge in [0.05, 0.1) is 0 Å². The summed E-state index contributed by atoms with van der Waals surface area (Å²) in [5.74, 6) is 0.181. The molecule has 0 rings (SSSR count). The van der Waals surface area contributed by atoms with Crippen molar-refractivity contribution in [1.82, 2.24) is 10.6 Å². The van der Waals surface area contributed by atoms with Crippen LogP contribution in [0.5, 0.6) is 0 Å². The highest BCUT2D eigenvalue weighted by molar-refractivity contribution is 8.00. The molecule has 2 N–H and O–H groups in total. The quantitative estimate of drug-likeness (QED) is 0.602. The lowest BCUT2D eigenvalue weighted by Crippen LogP contribution is -2.39. The van der Waals surface area contributed by atoms with Crippen LogP contribution in [0.4, 0.5) is 0 Å². The Balaban J connectivity index is 3.81. The van der Waals surface area contributed by atoms with Crippen LogP contribution in [0.25, 0.3) is 0 Å². The maximum absolute atomic E-state index is 11.7. The molecule has 3 nitrogen and oxygen atoms in total. The Morgan fingerprint density at radius 1 is 1.28 bits per heavy atom. The largest absolute Gasteiger partial charge is 0.355 e. The lowest BCUT2D eigenvalue weighted by molar-refractivity contribution is -0.121. The summed E-state index contributed by atoms with van der Waals surface area (Å²) in [6.07, 6.45) is 5.86. The second-order valence-electron chi connectivity index (χ2n) is 5.08. The molecule has 108 valence electrons. The molecule has 0 aliphatic heterocycles. The molecular weight excluding hydrogens is 244 g/mol. The van der Waals surface area contributed by atoms with Crippen LogP contribution in [0, 0.1) is 0 Å². The van der Waals surface area contributed by atoms with Crippen LogP contribution in [-0.2, 0) is 4.79 Å². The molecule has 0 aliphatic carbocycles. The fraction of sp³-hybridized carbons (Fsp3) is 0.929. The predicted octanol–water partition coefficient (Wildman–Crippen LogP) is 2.80. The Kier molecular flexibility index (Phi) is 9.56. The van der Waals surface area contributed by atoms with Gasteiger partial charge in [-0.3, -0.25) is 4.79 Å². The first-order valence-electron chi connectivity index (χ1n) is 7.05. The summed E-state index contributed by atoms with van der Waals surface area (Å²) >= 11 is 1.86. The number of rotatable bonds is 10. The lowest BCUT2D eigenvalue weighted by atomic mass is 10.0. The molecule has 0 heterocycles. The molecule has 0 bridgehead atoms. The van der Waals surface area contributed by atoms with Crippen LogP contribution < -0.4 is 10.6 Å². The topological polar surface area (TPSA) is 41.1 Å². The molecule has 0 aromatic heterocycles. The number of hydrogen-bond donors (Lipinski definition) is 2. The zero-order chi connectivity index (χ0) is 14.0. The summed E-state index contributed by atoms with van der Waals surface area (Å²) in [4.78, 5) is 11.7. The Hall–Kier alpha value is -0.220. The average Bonchev–Trinajstić information content (AvgIpc) is 2.37. The first-order chi connectivity index (χ1) is 8.49. The van der Waals surface area contributed by atoms with Crippen LogP contribution >= 0.6 is 11.8 Å². The zero-order valence-corrected chi connectivity index (χ0v) is 13.5. The third-order valence-corrected chi connectivity index (χ3v) is 5.05. The van der Waals surface area contributed by atoms with Crippen molar-refractivity contribution in [2.24, 2.45) is 0 Å². The van der Waals surface area contributed by atoms with Crippen LogP contribution in [0.3, 0.4) is 0 Å². The maximum atomic E-state index is 11.7. The molecule has 0 aromatic rings. The molecule has 0 fully saturated rings. The molecule has 0 saturated heterocycles. The van der Waals surface area contributed by atoms with Crippen molar-refractivity contribution in [1.29, 1.82) is 0 Å². The zero-order valence-electron chi connectivity index (χ0n) is 12.6. The van der Waals surface area contributed by atoms with Crippen LogP contribution in [-0.4, -0.2) is 36.0 Å². The van der Waals surface area contributed by atoms with E-state index in [1.54, 1.807) is 0 Å². The van der Waals surface area contributed by atoms with Gasteiger partial charge in [0.1, 0.15) is 0 Å². The number of carbonyl (C=O) groups excluding carboxylic acids is 1. The summed E-state index contributed by atoms with van der Waals surface area (Å²) in [5.41, 5.74) is 0. The van der Waals surface area contributed by atoms with Gasteiger partial charge in [0.15, 0.2) is 0 Å². The van der Waals surface area contributed by atoms with Crippen LogP contribution in [0.2, 0.25) is 0 Å². The Morgan fingerprint density at radius 3 is 2.33 bits per heavy atom. The SMILES string of the molecule is CCC(CC)(CNC(=O)CCCNC(C)C)SC. The van der Waals surface area contributed by atoms with E-state index in [0.29, 0.717) is 12.5 Å². The fourth-order valence-corrected chi connectivity index (χ4v) is 2.64. The highest BCUT2D eigenvalue weighted by Crippen LogP contribution is 2.29. The molecule has 0 aliphatic rings. The number of nitrogens with one attached hydrogen (secondary N) is 2. The van der Waals surface area contributed by atoms with E-state index in [0.717, 1.165) is 32.4 Å². The van der Waals surface area contributed by atoms with E-state index >= 15 is 0 Å². The predicted molar refractivity (Wildman–Crippen MR) is 82.2 cm³/mol. The van der Waals surface area contributed by atoms with Crippen molar-refractivity contribution in [3.05, 3.63) is 0 Å². The third-order valence-electron chi connectivity index (χ3n) is 3.46. The minimum Gasteiger partial charge on any atom is -0.355 e. The van der Waals surface area contributed by atoms with Gasteiger partial charge in [0, 0.05) is 23.8 Å². The van der Waals surface area contributed by atoms with Crippen molar-refractivity contribution >= 4 is 17.7 Å². The first-order valence-corrected chi connectivity index (χ1v) is 8.27. The number of thioether (sulfide) groups is 1. The third kappa shape index (κ3) is 7.27. The van der Waals surface area contributed by atoms with Gasteiger partial charge in [-0.25, -0.2) is 0 Å². The second kappa shape index (κ2) is 9.68. The maximum Gasteiger partial charge on any atom is 0.220 e. The van der Waals surface area contributed by atoms with Gasteiger partial charge >= 0.3 is 0 Å². The van der Waals surface area contributed by atoms with Gasteiger partial charge in [0.25, 0.3) is 0 Å². The summed E-state index contributed by atoms with van der Waals surface area (Å²) in [6.45, 7) is 10.3. The Bertz CT molecular complexity index is 220. The van der Waals surface area contributed by atoms with E-state index in [4.69, 9.17) is 0 Å². The fourth-order valence-electron chi connectivity index (χ4n) is 1.85. The van der Waals surface area contributed by atoms with Crippen molar-refractivity contribution in [3.8, 4) is 0 Å². The highest BCUT2D eigenvalue weighted by atomic mass is 32.2. The number of carbonyl (C=O) groups is 1. The minimum atomic E-state index is 0.181. The molecular formula is C14H30N2OS. The summed E-state index contributed by atoms with van der Waals surface area (Å²) < 4.78 is 0.214. The number of hydrogen-bond acceptors (Lipinski definition) is 3. The summed E-state index contributed by atoms with van der Waals surface area (Å²) in [7, 11) is 0. The van der Waals surface area contributed by atoms with Gasteiger partial charge in [-0.2, -0.15) is 11.8 Å². The molecule has 0 unspecified atom stereocenters.